The van der Waals surface area contributed by atoms with Crippen molar-refractivity contribution in [2.75, 3.05) is 20.1 Å². The SMILES string of the molecule is [2H]C([2H])([2H])N(CC(=O)OCCCCCCCCC=C)S(=O)(=O)c1ccc([N+](=O)[O-])cc1. The molecule has 8 nitrogen and oxygen atoms in total. The fourth-order valence-electron chi connectivity index (χ4n) is 2.40. The topological polar surface area (TPSA) is 107 Å². The fourth-order valence-corrected chi connectivity index (χ4v) is 3.41. The number of non-ortho nitro benzene ring substituents is 1. The van der Waals surface area contributed by atoms with E-state index in [2.05, 4.69) is 6.58 Å². The van der Waals surface area contributed by atoms with E-state index < -0.39 is 39.3 Å². The summed E-state index contributed by atoms with van der Waals surface area (Å²) in [5, 5.41) is 10.7. The molecular formula is C19H28N2O6S. The quantitative estimate of drug-likeness (QED) is 0.151. The van der Waals surface area contributed by atoms with E-state index in [0.717, 1.165) is 62.8 Å². The van der Waals surface area contributed by atoms with E-state index in [1.54, 1.807) is 0 Å². The summed E-state index contributed by atoms with van der Waals surface area (Å²) >= 11 is 0. The molecule has 0 fully saturated rings. The number of sulfonamides is 1. The van der Waals surface area contributed by atoms with Gasteiger partial charge in [0.2, 0.25) is 10.0 Å². The lowest BCUT2D eigenvalue weighted by Gasteiger charge is -2.16. The Kier molecular flexibility index (Phi) is 8.34. The summed E-state index contributed by atoms with van der Waals surface area (Å²) in [5.74, 6) is -0.979. The number of nitro groups is 1. The minimum absolute atomic E-state index is 0.0586. The maximum absolute atomic E-state index is 12.7. The van der Waals surface area contributed by atoms with Gasteiger partial charge in [0.05, 0.1) is 16.4 Å². The lowest BCUT2D eigenvalue weighted by molar-refractivity contribution is -0.384. The van der Waals surface area contributed by atoms with Crippen molar-refractivity contribution >= 4 is 21.7 Å². The van der Waals surface area contributed by atoms with E-state index in [1.165, 1.54) is 0 Å². The van der Waals surface area contributed by atoms with Gasteiger partial charge in [-0.05, 0) is 31.4 Å². The number of esters is 1. The van der Waals surface area contributed by atoms with Gasteiger partial charge in [-0.2, -0.15) is 4.31 Å². The van der Waals surface area contributed by atoms with E-state index in [0.29, 0.717) is 6.42 Å². The Morgan fingerprint density at radius 2 is 1.82 bits per heavy atom. The summed E-state index contributed by atoms with van der Waals surface area (Å²) in [6.45, 7) is -0.391. The average Bonchev–Trinajstić information content (AvgIpc) is 2.70. The number of unbranched alkanes of at least 4 members (excludes halogenated alkanes) is 6. The molecule has 0 unspecified atom stereocenters. The Balaban J connectivity index is 2.63. The molecule has 0 aliphatic heterocycles. The summed E-state index contributed by atoms with van der Waals surface area (Å²) < 4.78 is 52.9. The number of allylic oxidation sites excluding steroid dienone is 1. The first-order valence-corrected chi connectivity index (χ1v) is 10.5. The van der Waals surface area contributed by atoms with E-state index in [4.69, 9.17) is 8.85 Å². The molecule has 0 spiro atoms. The smallest absolute Gasteiger partial charge is 0.321 e. The molecule has 0 aliphatic rings. The zero-order valence-electron chi connectivity index (χ0n) is 18.7. The van der Waals surface area contributed by atoms with Gasteiger partial charge in [-0.15, -0.1) is 6.58 Å². The molecular weight excluding hydrogens is 384 g/mol. The molecule has 0 atom stereocenters. The average molecular weight is 416 g/mol. The number of ether oxygens (including phenoxy) is 1. The van der Waals surface area contributed by atoms with Crippen LogP contribution in [0.1, 0.15) is 49.1 Å². The van der Waals surface area contributed by atoms with Gasteiger partial charge in [-0.1, -0.05) is 31.8 Å². The van der Waals surface area contributed by atoms with Crippen LogP contribution >= 0.6 is 0 Å². The van der Waals surface area contributed by atoms with E-state index in [-0.39, 0.29) is 16.6 Å². The van der Waals surface area contributed by atoms with Crippen molar-refractivity contribution in [1.29, 1.82) is 0 Å². The number of benzene rings is 1. The Bertz CT molecular complexity index is 841. The van der Waals surface area contributed by atoms with E-state index in [9.17, 15) is 23.3 Å². The van der Waals surface area contributed by atoms with E-state index >= 15 is 0 Å². The van der Waals surface area contributed by atoms with Crippen molar-refractivity contribution in [3.05, 3.63) is 47.0 Å². The van der Waals surface area contributed by atoms with Crippen LogP contribution in [0, 0.1) is 10.1 Å². The van der Waals surface area contributed by atoms with Crippen LogP contribution in [0.5, 0.6) is 0 Å². The van der Waals surface area contributed by atoms with Crippen molar-refractivity contribution in [3.63, 3.8) is 0 Å². The lowest BCUT2D eigenvalue weighted by Crippen LogP contribution is -2.33. The molecule has 1 aromatic rings. The van der Waals surface area contributed by atoms with Crippen molar-refractivity contribution in [3.8, 4) is 0 Å². The molecule has 0 saturated heterocycles. The molecule has 28 heavy (non-hydrogen) atoms. The van der Waals surface area contributed by atoms with Crippen LogP contribution in [0.2, 0.25) is 0 Å². The lowest BCUT2D eigenvalue weighted by atomic mass is 10.1. The van der Waals surface area contributed by atoms with Crippen molar-refractivity contribution in [2.24, 2.45) is 0 Å². The van der Waals surface area contributed by atoms with Gasteiger partial charge in [0.15, 0.2) is 0 Å². The summed E-state index contributed by atoms with van der Waals surface area (Å²) in [6.07, 6.45) is 8.52. The Morgan fingerprint density at radius 1 is 1.21 bits per heavy atom. The summed E-state index contributed by atoms with van der Waals surface area (Å²) in [7, 11) is -4.61. The highest BCUT2D eigenvalue weighted by Crippen LogP contribution is 2.18. The first-order valence-electron chi connectivity index (χ1n) is 10.5. The molecule has 156 valence electrons. The largest absolute Gasteiger partial charge is 0.465 e. The van der Waals surface area contributed by atoms with Gasteiger partial charge in [0.25, 0.3) is 5.69 Å². The summed E-state index contributed by atoms with van der Waals surface area (Å²) in [5.41, 5.74) is -0.348. The minimum atomic E-state index is -4.61. The van der Waals surface area contributed by atoms with Crippen LogP contribution in [0.25, 0.3) is 0 Å². The van der Waals surface area contributed by atoms with Crippen molar-refractivity contribution < 1.29 is 27.0 Å². The predicted molar refractivity (Wildman–Crippen MR) is 106 cm³/mol. The van der Waals surface area contributed by atoms with Gasteiger partial charge < -0.3 is 4.74 Å². The zero-order valence-corrected chi connectivity index (χ0v) is 16.5. The highest BCUT2D eigenvalue weighted by molar-refractivity contribution is 7.89. The molecule has 1 aromatic carbocycles. The predicted octanol–water partition coefficient (Wildman–Crippen LogP) is 3.68. The molecule has 0 aliphatic carbocycles. The van der Waals surface area contributed by atoms with Crippen LogP contribution in [0.3, 0.4) is 0 Å². The number of carbonyl (C=O) groups excluding carboxylic acids is 1. The van der Waals surface area contributed by atoms with Gasteiger partial charge in [-0.25, -0.2) is 8.42 Å². The first kappa shape index (κ1) is 19.1. The normalized spacial score (nSPS) is 13.4. The molecule has 0 amide bonds. The Hall–Kier alpha value is -2.26. The third-order valence-corrected chi connectivity index (χ3v) is 5.55. The maximum Gasteiger partial charge on any atom is 0.321 e. The second-order valence-corrected chi connectivity index (χ2v) is 8.04. The molecule has 0 aromatic heterocycles. The molecule has 0 bridgehead atoms. The fraction of sp³-hybridized carbons (Fsp3) is 0.526. The van der Waals surface area contributed by atoms with Gasteiger partial charge in [0.1, 0.15) is 6.54 Å². The third-order valence-electron chi connectivity index (χ3n) is 3.97. The second-order valence-electron chi connectivity index (χ2n) is 6.18. The maximum atomic E-state index is 12.7. The first-order chi connectivity index (χ1) is 14.5. The second kappa shape index (κ2) is 12.2. The number of nitro benzene ring substituents is 1. The zero-order chi connectivity index (χ0) is 23.5. The molecule has 0 heterocycles. The number of carbonyl (C=O) groups is 1. The van der Waals surface area contributed by atoms with Gasteiger partial charge >= 0.3 is 5.97 Å². The van der Waals surface area contributed by atoms with Crippen molar-refractivity contribution in [1.82, 2.24) is 4.31 Å². The monoisotopic (exact) mass is 415 g/mol. The number of rotatable bonds is 14. The molecule has 0 radical (unpaired) electrons. The van der Waals surface area contributed by atoms with E-state index in [1.807, 2.05) is 6.08 Å². The summed E-state index contributed by atoms with van der Waals surface area (Å²) in [6, 6.07) is 3.74. The Labute approximate surface area is 170 Å². The van der Waals surface area contributed by atoms with Crippen LogP contribution in [0.4, 0.5) is 5.69 Å². The number of hydrogen-bond acceptors (Lipinski definition) is 6. The molecule has 9 heteroatoms. The number of hydrogen-bond donors (Lipinski definition) is 0. The highest BCUT2D eigenvalue weighted by atomic mass is 32.2. The van der Waals surface area contributed by atoms with Crippen LogP contribution in [-0.4, -0.2) is 43.7 Å². The summed E-state index contributed by atoms with van der Waals surface area (Å²) in [4.78, 5) is 21.6. The van der Waals surface area contributed by atoms with Gasteiger partial charge in [-0.3, -0.25) is 14.9 Å². The molecule has 0 N–H and O–H groups in total. The number of nitrogens with zero attached hydrogens (tertiary/aromatic N) is 2. The highest BCUT2D eigenvalue weighted by Gasteiger charge is 2.24. The minimum Gasteiger partial charge on any atom is -0.465 e. The third kappa shape index (κ3) is 8.18. The van der Waals surface area contributed by atoms with Crippen LogP contribution in [-0.2, 0) is 19.6 Å². The Morgan fingerprint density at radius 3 is 2.39 bits per heavy atom. The standard InChI is InChI=1S/C19H28N2O6S/c1-3-4-5-6-7-8-9-10-15-27-19(22)16-20(2)28(25,26)18-13-11-17(12-14-18)21(23)24/h3,11-14H,1,4-10,15-16H2,2H3/i2D3. The van der Waals surface area contributed by atoms with Gasteiger partial charge in [0, 0.05) is 23.2 Å². The van der Waals surface area contributed by atoms with Crippen LogP contribution in [0.15, 0.2) is 41.8 Å². The van der Waals surface area contributed by atoms with Crippen LogP contribution < -0.4 is 0 Å². The molecule has 1 rings (SSSR count). The number of likely N-dealkylation sites (N-methyl/N-ethyl adjacent to an activating group) is 1. The molecule has 0 saturated carbocycles. The van der Waals surface area contributed by atoms with Crippen molar-refractivity contribution in [2.45, 2.75) is 49.8 Å².